The molecule has 19 heavy (non-hydrogen) atoms. The number of Topliss-reactive ketones (excluding diaryl/α,β-unsaturated/α-hetero) is 1. The lowest BCUT2D eigenvalue weighted by Crippen LogP contribution is -2.09. The molecular weight excluding hydrogens is 232 g/mol. The molecule has 100 valence electrons. The van der Waals surface area contributed by atoms with E-state index in [1.54, 1.807) is 0 Å². The monoisotopic (exact) mass is 254 g/mol. The number of carbonyl (C=O) groups is 1. The van der Waals surface area contributed by atoms with E-state index in [4.69, 9.17) is 0 Å². The lowest BCUT2D eigenvalue weighted by Gasteiger charge is -2.25. The molecule has 1 nitrogen and oxygen atoms in total. The summed E-state index contributed by atoms with van der Waals surface area (Å²) in [4.78, 5) is 12.5. The van der Waals surface area contributed by atoms with Gasteiger partial charge in [0.05, 0.1) is 0 Å². The number of hydrogen-bond acceptors (Lipinski definition) is 1. The Balaban J connectivity index is 1.48. The van der Waals surface area contributed by atoms with Crippen molar-refractivity contribution in [1.82, 2.24) is 0 Å². The SMILES string of the molecule is O=C(c1ccc(C2CCC2)cc1)C1C2CCCCC21. The van der Waals surface area contributed by atoms with Crippen LogP contribution in [0.5, 0.6) is 0 Å². The maximum atomic E-state index is 12.5. The molecule has 2 unspecified atom stereocenters. The van der Waals surface area contributed by atoms with Crippen LogP contribution in [0.25, 0.3) is 0 Å². The molecule has 3 aliphatic carbocycles. The molecule has 0 bridgehead atoms. The fraction of sp³-hybridized carbons (Fsp3) is 0.611. The summed E-state index contributed by atoms with van der Waals surface area (Å²) in [7, 11) is 0. The van der Waals surface area contributed by atoms with E-state index in [1.807, 2.05) is 0 Å². The standard InChI is InChI=1S/C18H22O/c19-18(17-15-6-1-2-7-16(15)17)14-10-8-13(9-11-14)12-4-3-5-12/h8-12,15-17H,1-7H2. The van der Waals surface area contributed by atoms with Gasteiger partial charge in [-0.15, -0.1) is 0 Å². The molecule has 3 saturated carbocycles. The van der Waals surface area contributed by atoms with Crippen LogP contribution in [-0.2, 0) is 0 Å². The first-order valence-electron chi connectivity index (χ1n) is 7.99. The van der Waals surface area contributed by atoms with Gasteiger partial charge in [-0.1, -0.05) is 43.5 Å². The first-order valence-corrected chi connectivity index (χ1v) is 7.99. The van der Waals surface area contributed by atoms with Crippen LogP contribution in [0.3, 0.4) is 0 Å². The topological polar surface area (TPSA) is 17.1 Å². The van der Waals surface area contributed by atoms with E-state index < -0.39 is 0 Å². The van der Waals surface area contributed by atoms with Crippen LogP contribution in [0.15, 0.2) is 24.3 Å². The van der Waals surface area contributed by atoms with E-state index in [1.165, 1.54) is 50.5 Å². The summed E-state index contributed by atoms with van der Waals surface area (Å²) < 4.78 is 0. The normalized spacial score (nSPS) is 33.4. The zero-order valence-electron chi connectivity index (χ0n) is 11.5. The smallest absolute Gasteiger partial charge is 0.166 e. The van der Waals surface area contributed by atoms with Crippen molar-refractivity contribution in [1.29, 1.82) is 0 Å². The molecule has 0 aliphatic heterocycles. The Hall–Kier alpha value is -1.11. The number of carbonyl (C=O) groups excluding carboxylic acids is 1. The fourth-order valence-electron chi connectivity index (χ4n) is 4.23. The highest BCUT2D eigenvalue weighted by Gasteiger charge is 2.54. The Bertz CT molecular complexity index is 471. The van der Waals surface area contributed by atoms with Gasteiger partial charge in [0.25, 0.3) is 0 Å². The highest BCUT2D eigenvalue weighted by Crippen LogP contribution is 2.56. The van der Waals surface area contributed by atoms with Gasteiger partial charge in [-0.25, -0.2) is 0 Å². The zero-order valence-corrected chi connectivity index (χ0v) is 11.5. The average Bonchev–Trinajstić information content (AvgIpc) is 3.11. The van der Waals surface area contributed by atoms with Crippen molar-refractivity contribution in [3.63, 3.8) is 0 Å². The Morgan fingerprint density at radius 1 is 0.842 bits per heavy atom. The minimum Gasteiger partial charge on any atom is -0.294 e. The van der Waals surface area contributed by atoms with Gasteiger partial charge >= 0.3 is 0 Å². The van der Waals surface area contributed by atoms with E-state index in [0.717, 1.165) is 23.3 Å². The third-order valence-electron chi connectivity index (χ3n) is 5.73. The molecule has 3 aliphatic rings. The molecule has 1 aromatic rings. The van der Waals surface area contributed by atoms with Gasteiger partial charge in [-0.05, 0) is 49.0 Å². The number of rotatable bonds is 3. The summed E-state index contributed by atoms with van der Waals surface area (Å²) in [6, 6.07) is 8.56. The van der Waals surface area contributed by atoms with E-state index in [2.05, 4.69) is 24.3 Å². The third kappa shape index (κ3) is 1.94. The van der Waals surface area contributed by atoms with Crippen molar-refractivity contribution in [2.24, 2.45) is 17.8 Å². The molecule has 0 radical (unpaired) electrons. The third-order valence-corrected chi connectivity index (χ3v) is 5.73. The lowest BCUT2D eigenvalue weighted by molar-refractivity contribution is 0.0956. The van der Waals surface area contributed by atoms with Gasteiger partial charge in [-0.3, -0.25) is 4.79 Å². The predicted molar refractivity (Wildman–Crippen MR) is 76.3 cm³/mol. The van der Waals surface area contributed by atoms with Crippen LogP contribution in [0, 0.1) is 17.8 Å². The van der Waals surface area contributed by atoms with Crippen molar-refractivity contribution in [3.05, 3.63) is 35.4 Å². The van der Waals surface area contributed by atoms with Crippen molar-refractivity contribution < 1.29 is 4.79 Å². The summed E-state index contributed by atoms with van der Waals surface area (Å²) in [6.45, 7) is 0. The van der Waals surface area contributed by atoms with E-state index >= 15 is 0 Å². The van der Waals surface area contributed by atoms with Crippen LogP contribution in [0.2, 0.25) is 0 Å². The first-order chi connectivity index (χ1) is 9.34. The van der Waals surface area contributed by atoms with Gasteiger partial charge in [0.1, 0.15) is 0 Å². The second-order valence-corrected chi connectivity index (χ2v) is 6.75. The van der Waals surface area contributed by atoms with Crippen LogP contribution < -0.4 is 0 Å². The number of ketones is 1. The molecule has 0 spiro atoms. The molecule has 0 heterocycles. The first kappa shape index (κ1) is 11.7. The summed E-state index contributed by atoms with van der Waals surface area (Å²) in [5, 5.41) is 0. The molecule has 0 aromatic heterocycles. The second kappa shape index (κ2) is 4.47. The molecule has 0 N–H and O–H groups in total. The molecule has 1 heteroatoms. The maximum Gasteiger partial charge on any atom is 0.166 e. The fourth-order valence-corrected chi connectivity index (χ4v) is 4.23. The Labute approximate surface area is 115 Å². The molecular formula is C18H22O. The predicted octanol–water partition coefficient (Wildman–Crippen LogP) is 4.57. The quantitative estimate of drug-likeness (QED) is 0.722. The van der Waals surface area contributed by atoms with Gasteiger partial charge in [-0.2, -0.15) is 0 Å². The highest BCUT2D eigenvalue weighted by atomic mass is 16.1. The van der Waals surface area contributed by atoms with Crippen molar-refractivity contribution in [3.8, 4) is 0 Å². The van der Waals surface area contributed by atoms with Crippen LogP contribution in [0.1, 0.15) is 66.8 Å². The van der Waals surface area contributed by atoms with Crippen LogP contribution in [-0.4, -0.2) is 5.78 Å². The Morgan fingerprint density at radius 2 is 1.47 bits per heavy atom. The number of fused-ring (bicyclic) bond motifs is 1. The van der Waals surface area contributed by atoms with Gasteiger partial charge in [0, 0.05) is 11.5 Å². The van der Waals surface area contributed by atoms with Gasteiger partial charge in [0.2, 0.25) is 0 Å². The largest absolute Gasteiger partial charge is 0.294 e. The average molecular weight is 254 g/mol. The molecule has 2 atom stereocenters. The van der Waals surface area contributed by atoms with E-state index in [-0.39, 0.29) is 0 Å². The maximum absolute atomic E-state index is 12.5. The van der Waals surface area contributed by atoms with E-state index in [0.29, 0.717) is 11.7 Å². The highest BCUT2D eigenvalue weighted by molar-refractivity contribution is 6.00. The zero-order chi connectivity index (χ0) is 12.8. The van der Waals surface area contributed by atoms with Gasteiger partial charge in [0.15, 0.2) is 5.78 Å². The van der Waals surface area contributed by atoms with Gasteiger partial charge < -0.3 is 0 Å². The summed E-state index contributed by atoms with van der Waals surface area (Å²) in [6.07, 6.45) is 9.30. The van der Waals surface area contributed by atoms with E-state index in [9.17, 15) is 4.79 Å². The molecule has 0 saturated heterocycles. The minimum absolute atomic E-state index is 0.372. The second-order valence-electron chi connectivity index (χ2n) is 6.75. The van der Waals surface area contributed by atoms with Crippen molar-refractivity contribution in [2.75, 3.05) is 0 Å². The Morgan fingerprint density at radius 3 is 2.00 bits per heavy atom. The number of benzene rings is 1. The van der Waals surface area contributed by atoms with Crippen molar-refractivity contribution in [2.45, 2.75) is 50.9 Å². The minimum atomic E-state index is 0.372. The summed E-state index contributed by atoms with van der Waals surface area (Å²) in [5.74, 6) is 3.03. The molecule has 1 aromatic carbocycles. The summed E-state index contributed by atoms with van der Waals surface area (Å²) >= 11 is 0. The summed E-state index contributed by atoms with van der Waals surface area (Å²) in [5.41, 5.74) is 2.40. The Kier molecular flexibility index (Phi) is 2.75. The molecule has 3 fully saturated rings. The van der Waals surface area contributed by atoms with Crippen molar-refractivity contribution >= 4 is 5.78 Å². The molecule has 4 rings (SSSR count). The molecule has 0 amide bonds. The number of hydrogen-bond donors (Lipinski definition) is 0. The lowest BCUT2D eigenvalue weighted by atomic mass is 9.80. The van der Waals surface area contributed by atoms with Crippen LogP contribution in [0.4, 0.5) is 0 Å². The van der Waals surface area contributed by atoms with Crippen LogP contribution >= 0.6 is 0 Å².